The molecule has 1 aromatic heterocycles. The SMILES string of the molecule is C=CCCOc1nc[nH]c(=O)c1Br. The zero-order valence-corrected chi connectivity index (χ0v) is 8.50. The summed E-state index contributed by atoms with van der Waals surface area (Å²) in [7, 11) is 0. The van der Waals surface area contributed by atoms with Crippen molar-refractivity contribution in [1.82, 2.24) is 9.97 Å². The number of H-pyrrole nitrogens is 1. The molecule has 0 atom stereocenters. The summed E-state index contributed by atoms with van der Waals surface area (Å²) in [5.41, 5.74) is -0.247. The van der Waals surface area contributed by atoms with Crippen LogP contribution in [0.4, 0.5) is 0 Å². The van der Waals surface area contributed by atoms with Gasteiger partial charge >= 0.3 is 0 Å². The average molecular weight is 245 g/mol. The summed E-state index contributed by atoms with van der Waals surface area (Å²) in [5, 5.41) is 0. The van der Waals surface area contributed by atoms with Gasteiger partial charge in [0.1, 0.15) is 4.47 Å². The van der Waals surface area contributed by atoms with Crippen LogP contribution in [0, 0.1) is 0 Å². The summed E-state index contributed by atoms with van der Waals surface area (Å²) in [4.78, 5) is 17.3. The molecule has 1 N–H and O–H groups in total. The van der Waals surface area contributed by atoms with E-state index in [0.717, 1.165) is 6.42 Å². The lowest BCUT2D eigenvalue weighted by atomic mass is 10.4. The molecule has 0 spiro atoms. The van der Waals surface area contributed by atoms with Gasteiger partial charge in [-0.1, -0.05) is 6.08 Å². The Kier molecular flexibility index (Phi) is 3.70. The van der Waals surface area contributed by atoms with Gasteiger partial charge in [0.15, 0.2) is 0 Å². The molecule has 0 aliphatic rings. The number of aromatic nitrogens is 2. The predicted octanol–water partition coefficient (Wildman–Crippen LogP) is 1.49. The standard InChI is InChI=1S/C8H9BrN2O2/c1-2-3-4-13-8-6(9)7(12)10-5-11-8/h2,5H,1,3-4H2,(H,10,11,12). The highest BCUT2D eigenvalue weighted by Crippen LogP contribution is 2.15. The molecule has 1 rings (SSSR count). The lowest BCUT2D eigenvalue weighted by molar-refractivity contribution is 0.309. The molecule has 0 unspecified atom stereocenters. The number of hydrogen-bond acceptors (Lipinski definition) is 3. The first kappa shape index (κ1) is 9.98. The van der Waals surface area contributed by atoms with E-state index >= 15 is 0 Å². The van der Waals surface area contributed by atoms with Gasteiger partial charge in [-0.15, -0.1) is 6.58 Å². The lowest BCUT2D eigenvalue weighted by Crippen LogP contribution is -2.10. The Balaban J connectivity index is 2.71. The van der Waals surface area contributed by atoms with E-state index in [1.807, 2.05) is 0 Å². The van der Waals surface area contributed by atoms with E-state index < -0.39 is 0 Å². The van der Waals surface area contributed by atoms with E-state index in [4.69, 9.17) is 4.74 Å². The molecule has 4 nitrogen and oxygen atoms in total. The first-order valence-corrected chi connectivity index (χ1v) is 4.52. The largest absolute Gasteiger partial charge is 0.476 e. The van der Waals surface area contributed by atoms with E-state index in [-0.39, 0.29) is 5.56 Å². The van der Waals surface area contributed by atoms with Crippen LogP contribution >= 0.6 is 15.9 Å². The fraction of sp³-hybridized carbons (Fsp3) is 0.250. The van der Waals surface area contributed by atoms with Gasteiger partial charge in [0.25, 0.3) is 5.56 Å². The van der Waals surface area contributed by atoms with Crippen LogP contribution in [0.1, 0.15) is 6.42 Å². The van der Waals surface area contributed by atoms with Crippen LogP contribution in [0.15, 0.2) is 28.2 Å². The van der Waals surface area contributed by atoms with Crippen molar-refractivity contribution in [2.75, 3.05) is 6.61 Å². The maximum atomic E-state index is 11.0. The summed E-state index contributed by atoms with van der Waals surface area (Å²) >= 11 is 3.08. The lowest BCUT2D eigenvalue weighted by Gasteiger charge is -2.03. The molecular weight excluding hydrogens is 236 g/mol. The second kappa shape index (κ2) is 4.81. The minimum Gasteiger partial charge on any atom is -0.476 e. The third-order valence-electron chi connectivity index (χ3n) is 1.33. The Labute approximate surface area is 83.8 Å². The molecular formula is C8H9BrN2O2. The minimum atomic E-state index is -0.247. The number of rotatable bonds is 4. The van der Waals surface area contributed by atoms with Crippen LogP contribution in [0.25, 0.3) is 0 Å². The van der Waals surface area contributed by atoms with E-state index in [2.05, 4.69) is 32.5 Å². The second-order valence-electron chi connectivity index (χ2n) is 2.28. The molecule has 0 aromatic carbocycles. The van der Waals surface area contributed by atoms with Crippen LogP contribution in [0.2, 0.25) is 0 Å². The Morgan fingerprint density at radius 2 is 2.54 bits per heavy atom. The third kappa shape index (κ3) is 2.69. The minimum absolute atomic E-state index is 0.247. The zero-order valence-electron chi connectivity index (χ0n) is 6.92. The van der Waals surface area contributed by atoms with Crippen molar-refractivity contribution < 1.29 is 4.74 Å². The van der Waals surface area contributed by atoms with E-state index in [1.165, 1.54) is 6.33 Å². The first-order chi connectivity index (χ1) is 6.25. The first-order valence-electron chi connectivity index (χ1n) is 3.72. The van der Waals surface area contributed by atoms with Crippen LogP contribution in [0.5, 0.6) is 5.88 Å². The normalized spacial score (nSPS) is 9.62. The smallest absolute Gasteiger partial charge is 0.268 e. The number of ether oxygens (including phenoxy) is 1. The van der Waals surface area contributed by atoms with Gasteiger partial charge in [-0.25, -0.2) is 4.98 Å². The van der Waals surface area contributed by atoms with Gasteiger partial charge in [0.2, 0.25) is 5.88 Å². The van der Waals surface area contributed by atoms with Crippen molar-refractivity contribution in [3.05, 3.63) is 33.8 Å². The van der Waals surface area contributed by atoms with Crippen molar-refractivity contribution in [2.24, 2.45) is 0 Å². The number of aromatic amines is 1. The van der Waals surface area contributed by atoms with Crippen molar-refractivity contribution in [3.63, 3.8) is 0 Å². The van der Waals surface area contributed by atoms with Crippen LogP contribution < -0.4 is 10.3 Å². The van der Waals surface area contributed by atoms with E-state index in [9.17, 15) is 4.79 Å². The summed E-state index contributed by atoms with van der Waals surface area (Å²) in [6, 6.07) is 0. The second-order valence-corrected chi connectivity index (χ2v) is 3.07. The topological polar surface area (TPSA) is 55.0 Å². The molecule has 70 valence electrons. The zero-order chi connectivity index (χ0) is 9.68. The monoisotopic (exact) mass is 244 g/mol. The summed E-state index contributed by atoms with van der Waals surface area (Å²) in [5.74, 6) is 0.311. The van der Waals surface area contributed by atoms with Crippen LogP contribution in [-0.4, -0.2) is 16.6 Å². The maximum Gasteiger partial charge on any atom is 0.268 e. The molecule has 0 saturated carbocycles. The Morgan fingerprint density at radius 3 is 3.23 bits per heavy atom. The van der Waals surface area contributed by atoms with Crippen molar-refractivity contribution in [2.45, 2.75) is 6.42 Å². The van der Waals surface area contributed by atoms with Gasteiger partial charge in [0, 0.05) is 0 Å². The van der Waals surface area contributed by atoms with E-state index in [1.54, 1.807) is 6.08 Å². The van der Waals surface area contributed by atoms with Crippen LogP contribution in [-0.2, 0) is 0 Å². The Bertz CT molecular complexity index is 348. The predicted molar refractivity (Wildman–Crippen MR) is 52.9 cm³/mol. The highest BCUT2D eigenvalue weighted by atomic mass is 79.9. The van der Waals surface area contributed by atoms with Crippen LogP contribution in [0.3, 0.4) is 0 Å². The van der Waals surface area contributed by atoms with Gasteiger partial charge in [-0.05, 0) is 22.4 Å². The molecule has 0 aliphatic carbocycles. The van der Waals surface area contributed by atoms with Gasteiger partial charge < -0.3 is 9.72 Å². The number of nitrogens with zero attached hydrogens (tertiary/aromatic N) is 1. The molecule has 0 aliphatic heterocycles. The number of halogens is 1. The molecule has 0 bridgehead atoms. The summed E-state index contributed by atoms with van der Waals surface area (Å²) in [6.45, 7) is 4.02. The van der Waals surface area contributed by atoms with Gasteiger partial charge in [-0.3, -0.25) is 4.79 Å². The molecule has 5 heteroatoms. The molecule has 0 saturated heterocycles. The van der Waals surface area contributed by atoms with Gasteiger partial charge in [-0.2, -0.15) is 0 Å². The Hall–Kier alpha value is -1.10. The number of nitrogens with one attached hydrogen (secondary N) is 1. The highest BCUT2D eigenvalue weighted by molar-refractivity contribution is 9.10. The fourth-order valence-corrected chi connectivity index (χ4v) is 1.04. The third-order valence-corrected chi connectivity index (χ3v) is 2.02. The molecule has 0 radical (unpaired) electrons. The average Bonchev–Trinajstić information content (AvgIpc) is 2.13. The van der Waals surface area contributed by atoms with Gasteiger partial charge in [0.05, 0.1) is 12.9 Å². The highest BCUT2D eigenvalue weighted by Gasteiger charge is 2.04. The molecule has 1 aromatic rings. The number of hydrogen-bond donors (Lipinski definition) is 1. The molecule has 0 fully saturated rings. The van der Waals surface area contributed by atoms with Crippen molar-refractivity contribution >= 4 is 15.9 Å². The quantitative estimate of drug-likeness (QED) is 0.645. The van der Waals surface area contributed by atoms with Crippen molar-refractivity contribution in [1.29, 1.82) is 0 Å². The molecule has 1 heterocycles. The van der Waals surface area contributed by atoms with E-state index in [0.29, 0.717) is 17.0 Å². The maximum absolute atomic E-state index is 11.0. The summed E-state index contributed by atoms with van der Waals surface area (Å²) < 4.78 is 5.53. The molecule has 13 heavy (non-hydrogen) atoms. The van der Waals surface area contributed by atoms with Crippen molar-refractivity contribution in [3.8, 4) is 5.88 Å². The molecule has 0 amide bonds. The summed E-state index contributed by atoms with van der Waals surface area (Å²) in [6.07, 6.45) is 3.76. The fourth-order valence-electron chi connectivity index (χ4n) is 0.706. The Morgan fingerprint density at radius 1 is 1.77 bits per heavy atom.